The third-order valence-corrected chi connectivity index (χ3v) is 7.08. The van der Waals surface area contributed by atoms with Crippen molar-refractivity contribution in [2.75, 3.05) is 32.8 Å². The number of ether oxygens (including phenoxy) is 1. The lowest BCUT2D eigenvalue weighted by atomic mass is 9.94. The number of amides is 1. The first kappa shape index (κ1) is 24.1. The largest absolute Gasteiger partial charge is 0.507 e. The predicted molar refractivity (Wildman–Crippen MR) is 132 cm³/mol. The van der Waals surface area contributed by atoms with Crippen LogP contribution in [0.5, 0.6) is 5.75 Å². The summed E-state index contributed by atoms with van der Waals surface area (Å²) in [5.74, 6) is -0.575. The molecule has 0 radical (unpaired) electrons. The Labute approximate surface area is 201 Å². The minimum Gasteiger partial charge on any atom is -0.507 e. The van der Waals surface area contributed by atoms with Crippen LogP contribution in [0.15, 0.2) is 29.8 Å². The van der Waals surface area contributed by atoms with Crippen molar-refractivity contribution in [1.82, 2.24) is 14.8 Å². The summed E-state index contributed by atoms with van der Waals surface area (Å²) in [6.07, 6.45) is 3.56. The number of Topliss-reactive ketones (excluding diaryl/α,β-unsaturated/α-hetero) is 1. The van der Waals surface area contributed by atoms with E-state index in [-0.39, 0.29) is 11.3 Å². The van der Waals surface area contributed by atoms with Gasteiger partial charge in [0.05, 0.1) is 18.2 Å². The number of aromatic amines is 1. The molecule has 1 unspecified atom stereocenters. The van der Waals surface area contributed by atoms with E-state index in [0.29, 0.717) is 25.3 Å². The van der Waals surface area contributed by atoms with E-state index in [9.17, 15) is 14.7 Å². The van der Waals surface area contributed by atoms with Crippen molar-refractivity contribution in [3.8, 4) is 5.75 Å². The molecule has 0 bridgehead atoms. The van der Waals surface area contributed by atoms with Crippen molar-refractivity contribution in [2.24, 2.45) is 0 Å². The fourth-order valence-electron chi connectivity index (χ4n) is 5.20. The minimum atomic E-state index is -0.644. The van der Waals surface area contributed by atoms with Gasteiger partial charge in [-0.25, -0.2) is 0 Å². The first-order valence-corrected chi connectivity index (χ1v) is 12.2. The number of aromatic nitrogens is 1. The van der Waals surface area contributed by atoms with Crippen LogP contribution in [0.2, 0.25) is 0 Å². The number of nitrogens with zero attached hydrogens (tertiary/aromatic N) is 2. The summed E-state index contributed by atoms with van der Waals surface area (Å²) in [4.78, 5) is 33.8. The number of benzene rings is 1. The molecule has 2 fully saturated rings. The highest BCUT2D eigenvalue weighted by atomic mass is 16.5. The van der Waals surface area contributed by atoms with Crippen molar-refractivity contribution in [3.05, 3.63) is 57.9 Å². The summed E-state index contributed by atoms with van der Waals surface area (Å²) < 4.78 is 5.58. The molecule has 2 aromatic rings. The second kappa shape index (κ2) is 10.1. The van der Waals surface area contributed by atoms with Gasteiger partial charge in [-0.1, -0.05) is 18.6 Å². The highest BCUT2D eigenvalue weighted by Crippen LogP contribution is 2.41. The van der Waals surface area contributed by atoms with Gasteiger partial charge in [-0.05, 0) is 76.9 Å². The number of aryl methyl sites for hydroxylation is 2. The van der Waals surface area contributed by atoms with Crippen molar-refractivity contribution in [2.45, 2.75) is 53.0 Å². The van der Waals surface area contributed by atoms with E-state index in [4.69, 9.17) is 4.74 Å². The number of aliphatic hydroxyl groups is 1. The average molecular weight is 466 g/mol. The van der Waals surface area contributed by atoms with E-state index in [1.54, 1.807) is 4.90 Å². The van der Waals surface area contributed by atoms with Gasteiger partial charge in [0.1, 0.15) is 11.5 Å². The first-order valence-electron chi connectivity index (χ1n) is 12.2. The van der Waals surface area contributed by atoms with E-state index in [2.05, 4.69) is 9.88 Å². The summed E-state index contributed by atoms with van der Waals surface area (Å²) in [5, 5.41) is 11.4. The van der Waals surface area contributed by atoms with Gasteiger partial charge >= 0.3 is 0 Å². The predicted octanol–water partition coefficient (Wildman–Crippen LogP) is 4.25. The van der Waals surface area contributed by atoms with Gasteiger partial charge < -0.3 is 24.6 Å². The molecule has 0 aliphatic carbocycles. The second-order valence-corrected chi connectivity index (χ2v) is 9.27. The summed E-state index contributed by atoms with van der Waals surface area (Å²) in [6.45, 7) is 11.4. The molecule has 7 heteroatoms. The zero-order chi connectivity index (χ0) is 24.4. The molecule has 34 heavy (non-hydrogen) atoms. The first-order chi connectivity index (χ1) is 16.3. The number of carbonyl (C=O) groups excluding carboxylic acids is 2. The number of H-pyrrole nitrogens is 1. The monoisotopic (exact) mass is 465 g/mol. The molecule has 1 amide bonds. The maximum atomic E-state index is 13.3. The zero-order valence-corrected chi connectivity index (χ0v) is 20.6. The van der Waals surface area contributed by atoms with Gasteiger partial charge in [-0.15, -0.1) is 0 Å². The van der Waals surface area contributed by atoms with Gasteiger partial charge in [-0.3, -0.25) is 9.59 Å². The molecule has 2 saturated heterocycles. The fourth-order valence-corrected chi connectivity index (χ4v) is 5.20. The fraction of sp³-hybridized carbons (Fsp3) is 0.481. The number of ketones is 1. The van der Waals surface area contributed by atoms with Gasteiger partial charge in [-0.2, -0.15) is 0 Å². The zero-order valence-electron chi connectivity index (χ0n) is 20.6. The SMILES string of the molecule is CCOc1ccc(C2/C(=C(\O)c3c(C)[nH]c(C)c3C)C(=O)C(=O)N2CCN2CCCCC2)cc1. The van der Waals surface area contributed by atoms with Crippen LogP contribution in [0.1, 0.15) is 60.3 Å². The highest BCUT2D eigenvalue weighted by molar-refractivity contribution is 6.46. The average Bonchev–Trinajstić information content (AvgIpc) is 3.24. The number of hydrogen-bond donors (Lipinski definition) is 2. The Balaban J connectivity index is 1.76. The molecule has 0 spiro atoms. The summed E-state index contributed by atoms with van der Waals surface area (Å²) in [6, 6.07) is 6.81. The Morgan fingerprint density at radius 2 is 1.71 bits per heavy atom. The number of piperidine rings is 1. The number of likely N-dealkylation sites (tertiary alicyclic amines) is 2. The minimum absolute atomic E-state index is 0.114. The molecule has 1 aromatic carbocycles. The molecule has 2 aliphatic heterocycles. The Hall–Kier alpha value is -3.06. The van der Waals surface area contributed by atoms with Crippen LogP contribution in [0.3, 0.4) is 0 Å². The number of rotatable bonds is 7. The van der Waals surface area contributed by atoms with Crippen LogP contribution in [-0.2, 0) is 9.59 Å². The van der Waals surface area contributed by atoms with Crippen LogP contribution >= 0.6 is 0 Å². The van der Waals surface area contributed by atoms with Crippen molar-refractivity contribution < 1.29 is 19.4 Å². The Kier molecular flexibility index (Phi) is 7.12. The summed E-state index contributed by atoms with van der Waals surface area (Å²) in [5.41, 5.74) is 4.11. The Morgan fingerprint density at radius 3 is 2.29 bits per heavy atom. The number of nitrogens with one attached hydrogen (secondary N) is 1. The molecule has 3 heterocycles. The molecule has 2 N–H and O–H groups in total. The topological polar surface area (TPSA) is 85.9 Å². The van der Waals surface area contributed by atoms with Crippen LogP contribution < -0.4 is 4.74 Å². The molecular weight excluding hydrogens is 430 g/mol. The lowest BCUT2D eigenvalue weighted by molar-refractivity contribution is -0.140. The Bertz CT molecular complexity index is 1090. The van der Waals surface area contributed by atoms with E-state index < -0.39 is 17.7 Å². The lowest BCUT2D eigenvalue weighted by Crippen LogP contribution is -2.39. The lowest BCUT2D eigenvalue weighted by Gasteiger charge is -2.31. The normalized spacial score (nSPS) is 20.8. The molecule has 1 atom stereocenters. The van der Waals surface area contributed by atoms with Gasteiger partial charge in [0.15, 0.2) is 0 Å². The molecule has 1 aromatic heterocycles. The number of hydrogen-bond acceptors (Lipinski definition) is 5. The van der Waals surface area contributed by atoms with E-state index >= 15 is 0 Å². The summed E-state index contributed by atoms with van der Waals surface area (Å²) in [7, 11) is 0. The van der Waals surface area contributed by atoms with Crippen LogP contribution in [0, 0.1) is 20.8 Å². The van der Waals surface area contributed by atoms with Crippen molar-refractivity contribution in [3.63, 3.8) is 0 Å². The molecular formula is C27H35N3O4. The van der Waals surface area contributed by atoms with Gasteiger partial charge in [0.2, 0.25) is 0 Å². The smallest absolute Gasteiger partial charge is 0.295 e. The molecule has 2 aliphatic rings. The van der Waals surface area contributed by atoms with Gasteiger partial charge in [0.25, 0.3) is 11.7 Å². The van der Waals surface area contributed by atoms with Crippen LogP contribution in [-0.4, -0.2) is 64.4 Å². The molecule has 4 rings (SSSR count). The molecule has 0 saturated carbocycles. The van der Waals surface area contributed by atoms with E-state index in [1.165, 1.54) is 6.42 Å². The number of aliphatic hydroxyl groups excluding tert-OH is 1. The van der Waals surface area contributed by atoms with E-state index in [0.717, 1.165) is 54.2 Å². The molecule has 7 nitrogen and oxygen atoms in total. The van der Waals surface area contributed by atoms with Crippen LogP contribution in [0.25, 0.3) is 5.76 Å². The maximum absolute atomic E-state index is 13.3. The Morgan fingerprint density at radius 1 is 1.03 bits per heavy atom. The highest BCUT2D eigenvalue weighted by Gasteiger charge is 2.46. The molecule has 182 valence electrons. The van der Waals surface area contributed by atoms with E-state index in [1.807, 2.05) is 52.0 Å². The number of carbonyl (C=O) groups is 2. The summed E-state index contributed by atoms with van der Waals surface area (Å²) >= 11 is 0. The third kappa shape index (κ3) is 4.49. The quantitative estimate of drug-likeness (QED) is 0.363. The van der Waals surface area contributed by atoms with Crippen LogP contribution in [0.4, 0.5) is 0 Å². The standard InChI is InChI=1S/C27H35N3O4/c1-5-34-21-11-9-20(10-12-21)24-23(25(31)22-17(2)18(3)28-19(22)4)26(32)27(33)30(24)16-15-29-13-7-6-8-14-29/h9-12,24,28,31H,5-8,13-16H2,1-4H3/b25-23+. The van der Waals surface area contributed by atoms with Crippen molar-refractivity contribution in [1.29, 1.82) is 0 Å². The maximum Gasteiger partial charge on any atom is 0.295 e. The van der Waals surface area contributed by atoms with Crippen molar-refractivity contribution >= 4 is 17.4 Å². The third-order valence-electron chi connectivity index (χ3n) is 7.08. The van der Waals surface area contributed by atoms with Gasteiger partial charge in [0, 0.05) is 30.0 Å². The second-order valence-electron chi connectivity index (χ2n) is 9.27.